The highest BCUT2D eigenvalue weighted by Gasteiger charge is 2.39. The molecule has 106 valence electrons. The Morgan fingerprint density at radius 1 is 1.25 bits per heavy atom. The number of carbonyl (C=O) groups is 2. The molecule has 4 heteroatoms. The highest BCUT2D eigenvalue weighted by Crippen LogP contribution is 2.42. The van der Waals surface area contributed by atoms with Crippen molar-refractivity contribution in [2.24, 2.45) is 5.92 Å². The van der Waals surface area contributed by atoms with Crippen LogP contribution in [0, 0.1) is 5.92 Å². The summed E-state index contributed by atoms with van der Waals surface area (Å²) in [6.07, 6.45) is 3.18. The molecule has 2 fully saturated rings. The molecule has 1 heterocycles. The second kappa shape index (κ2) is 4.93. The highest BCUT2D eigenvalue weighted by molar-refractivity contribution is 5.81. The van der Waals surface area contributed by atoms with E-state index < -0.39 is 11.9 Å². The fourth-order valence-corrected chi connectivity index (χ4v) is 3.17. The molecule has 1 aliphatic carbocycles. The zero-order valence-electron chi connectivity index (χ0n) is 11.6. The third kappa shape index (κ3) is 2.30. The Labute approximate surface area is 118 Å². The van der Waals surface area contributed by atoms with Gasteiger partial charge in [-0.05, 0) is 36.3 Å². The first-order valence-corrected chi connectivity index (χ1v) is 7.16. The van der Waals surface area contributed by atoms with E-state index in [1.165, 1.54) is 18.4 Å². The summed E-state index contributed by atoms with van der Waals surface area (Å²) in [6.45, 7) is 0. The fraction of sp³-hybridized carbons (Fsp3) is 0.500. The molecule has 20 heavy (non-hydrogen) atoms. The number of hydrogen-bond acceptors (Lipinski definition) is 2. The Bertz CT molecular complexity index is 550. The van der Waals surface area contributed by atoms with Crippen LogP contribution < -0.4 is 0 Å². The van der Waals surface area contributed by atoms with Crippen LogP contribution in [0.3, 0.4) is 0 Å². The van der Waals surface area contributed by atoms with Gasteiger partial charge in [0.05, 0.1) is 12.0 Å². The molecule has 2 unspecified atom stereocenters. The zero-order valence-corrected chi connectivity index (χ0v) is 11.6. The third-order valence-corrected chi connectivity index (χ3v) is 4.48. The lowest BCUT2D eigenvalue weighted by atomic mass is 9.84. The van der Waals surface area contributed by atoms with Crippen LogP contribution in [0.5, 0.6) is 0 Å². The molecule has 1 amide bonds. The van der Waals surface area contributed by atoms with Crippen molar-refractivity contribution in [3.63, 3.8) is 0 Å². The Morgan fingerprint density at radius 3 is 2.60 bits per heavy atom. The number of carboxylic acids is 1. The SMILES string of the molecule is CN1C(=O)CCC(C(=O)O)C1c1cccc(C2CC2)c1. The fourth-order valence-electron chi connectivity index (χ4n) is 3.17. The molecule has 0 aromatic heterocycles. The number of carboxylic acid groups (broad SMARTS) is 1. The van der Waals surface area contributed by atoms with Gasteiger partial charge in [0.1, 0.15) is 0 Å². The van der Waals surface area contributed by atoms with Gasteiger partial charge < -0.3 is 10.0 Å². The smallest absolute Gasteiger partial charge is 0.308 e. The lowest BCUT2D eigenvalue weighted by Gasteiger charge is -2.37. The van der Waals surface area contributed by atoms with Crippen LogP contribution in [0.2, 0.25) is 0 Å². The number of aliphatic carboxylic acids is 1. The first-order valence-electron chi connectivity index (χ1n) is 7.16. The molecule has 1 aliphatic heterocycles. The molecule has 4 nitrogen and oxygen atoms in total. The van der Waals surface area contributed by atoms with E-state index in [9.17, 15) is 14.7 Å². The van der Waals surface area contributed by atoms with Gasteiger partial charge in [0.15, 0.2) is 0 Å². The summed E-state index contributed by atoms with van der Waals surface area (Å²) in [4.78, 5) is 25.0. The summed E-state index contributed by atoms with van der Waals surface area (Å²) < 4.78 is 0. The summed E-state index contributed by atoms with van der Waals surface area (Å²) in [5.41, 5.74) is 2.23. The zero-order chi connectivity index (χ0) is 14.3. The molecule has 1 N–H and O–H groups in total. The molecular formula is C16H19NO3. The van der Waals surface area contributed by atoms with Gasteiger partial charge in [0.2, 0.25) is 5.91 Å². The summed E-state index contributed by atoms with van der Waals surface area (Å²) in [6, 6.07) is 7.78. The van der Waals surface area contributed by atoms with E-state index in [1.807, 2.05) is 12.1 Å². The van der Waals surface area contributed by atoms with Crippen molar-refractivity contribution in [1.82, 2.24) is 4.90 Å². The molecular weight excluding hydrogens is 254 g/mol. The molecule has 0 bridgehead atoms. The third-order valence-electron chi connectivity index (χ3n) is 4.48. The van der Waals surface area contributed by atoms with Gasteiger partial charge >= 0.3 is 5.97 Å². The average Bonchev–Trinajstić information content (AvgIpc) is 3.26. The van der Waals surface area contributed by atoms with E-state index >= 15 is 0 Å². The van der Waals surface area contributed by atoms with Crippen molar-refractivity contribution in [3.05, 3.63) is 35.4 Å². The number of likely N-dealkylation sites (tertiary alicyclic amines) is 1. The van der Waals surface area contributed by atoms with Crippen LogP contribution in [-0.4, -0.2) is 28.9 Å². The Balaban J connectivity index is 1.96. The van der Waals surface area contributed by atoms with Gasteiger partial charge in [0, 0.05) is 13.5 Å². The number of carbonyl (C=O) groups excluding carboxylic acids is 1. The van der Waals surface area contributed by atoms with Crippen molar-refractivity contribution in [2.45, 2.75) is 37.6 Å². The van der Waals surface area contributed by atoms with Crippen molar-refractivity contribution in [3.8, 4) is 0 Å². The Kier molecular flexibility index (Phi) is 3.24. The second-order valence-corrected chi connectivity index (χ2v) is 5.88. The maximum absolute atomic E-state index is 11.9. The quantitative estimate of drug-likeness (QED) is 0.920. The van der Waals surface area contributed by atoms with E-state index in [-0.39, 0.29) is 11.9 Å². The summed E-state index contributed by atoms with van der Waals surface area (Å²) in [5.74, 6) is -0.662. The number of benzene rings is 1. The normalized spacial score (nSPS) is 26.6. The number of piperidine rings is 1. The molecule has 1 aromatic rings. The molecule has 3 rings (SSSR count). The minimum atomic E-state index is -0.814. The van der Waals surface area contributed by atoms with Crippen LogP contribution >= 0.6 is 0 Å². The average molecular weight is 273 g/mol. The monoisotopic (exact) mass is 273 g/mol. The Morgan fingerprint density at radius 2 is 1.95 bits per heavy atom. The molecule has 1 aromatic carbocycles. The minimum absolute atomic E-state index is 0.0318. The van der Waals surface area contributed by atoms with E-state index in [0.717, 1.165) is 5.56 Å². The van der Waals surface area contributed by atoms with Gasteiger partial charge in [-0.1, -0.05) is 24.3 Å². The summed E-state index contributed by atoms with van der Waals surface area (Å²) >= 11 is 0. The standard InChI is InChI=1S/C16H19NO3/c1-17-14(18)8-7-13(16(19)20)15(17)12-4-2-3-11(9-12)10-5-6-10/h2-4,9-10,13,15H,5-8H2,1H3,(H,19,20). The molecule has 1 saturated heterocycles. The van der Waals surface area contributed by atoms with Gasteiger partial charge in [0.25, 0.3) is 0 Å². The predicted octanol–water partition coefficient (Wildman–Crippen LogP) is 2.56. The van der Waals surface area contributed by atoms with Crippen molar-refractivity contribution >= 4 is 11.9 Å². The number of hydrogen-bond donors (Lipinski definition) is 1. The van der Waals surface area contributed by atoms with E-state index in [2.05, 4.69) is 12.1 Å². The topological polar surface area (TPSA) is 57.6 Å². The van der Waals surface area contributed by atoms with E-state index in [0.29, 0.717) is 18.8 Å². The largest absolute Gasteiger partial charge is 0.481 e. The van der Waals surface area contributed by atoms with Gasteiger partial charge in [-0.2, -0.15) is 0 Å². The second-order valence-electron chi connectivity index (χ2n) is 5.88. The van der Waals surface area contributed by atoms with Gasteiger partial charge in [-0.25, -0.2) is 0 Å². The molecule has 0 spiro atoms. The summed E-state index contributed by atoms with van der Waals surface area (Å²) in [5, 5.41) is 9.43. The number of amides is 1. The van der Waals surface area contributed by atoms with Crippen LogP contribution in [0.15, 0.2) is 24.3 Å². The van der Waals surface area contributed by atoms with E-state index in [4.69, 9.17) is 0 Å². The first-order chi connectivity index (χ1) is 9.58. The maximum Gasteiger partial charge on any atom is 0.308 e. The predicted molar refractivity (Wildman–Crippen MR) is 74.3 cm³/mol. The summed E-state index contributed by atoms with van der Waals surface area (Å²) in [7, 11) is 1.71. The minimum Gasteiger partial charge on any atom is -0.481 e. The van der Waals surface area contributed by atoms with Gasteiger partial charge in [-0.15, -0.1) is 0 Å². The van der Waals surface area contributed by atoms with Crippen LogP contribution in [0.4, 0.5) is 0 Å². The van der Waals surface area contributed by atoms with Crippen LogP contribution in [0.1, 0.15) is 48.8 Å². The van der Waals surface area contributed by atoms with E-state index in [1.54, 1.807) is 11.9 Å². The first kappa shape index (κ1) is 13.2. The highest BCUT2D eigenvalue weighted by atomic mass is 16.4. The number of nitrogens with zero attached hydrogens (tertiary/aromatic N) is 1. The van der Waals surface area contributed by atoms with Crippen molar-refractivity contribution < 1.29 is 14.7 Å². The number of rotatable bonds is 3. The maximum atomic E-state index is 11.9. The molecule has 0 radical (unpaired) electrons. The molecule has 2 aliphatic rings. The Hall–Kier alpha value is -1.84. The molecule has 1 saturated carbocycles. The lowest BCUT2D eigenvalue weighted by Crippen LogP contribution is -2.43. The lowest BCUT2D eigenvalue weighted by molar-refractivity contribution is -0.150. The van der Waals surface area contributed by atoms with Crippen molar-refractivity contribution in [1.29, 1.82) is 0 Å². The van der Waals surface area contributed by atoms with Crippen LogP contribution in [0.25, 0.3) is 0 Å². The van der Waals surface area contributed by atoms with Crippen LogP contribution in [-0.2, 0) is 9.59 Å². The van der Waals surface area contributed by atoms with Crippen molar-refractivity contribution in [2.75, 3.05) is 7.05 Å². The molecule has 2 atom stereocenters. The van der Waals surface area contributed by atoms with Gasteiger partial charge in [-0.3, -0.25) is 9.59 Å².